The van der Waals surface area contributed by atoms with Gasteiger partial charge in [0.25, 0.3) is 10.1 Å². The number of hydrogen-bond acceptors (Lipinski definition) is 7. The van der Waals surface area contributed by atoms with Crippen molar-refractivity contribution < 1.29 is 32.7 Å². The van der Waals surface area contributed by atoms with Crippen molar-refractivity contribution in [2.45, 2.75) is 4.90 Å². The van der Waals surface area contributed by atoms with E-state index in [2.05, 4.69) is 0 Å². The summed E-state index contributed by atoms with van der Waals surface area (Å²) in [4.78, 5) is 11.5. The van der Waals surface area contributed by atoms with E-state index in [1.54, 1.807) is 6.07 Å². The molecule has 28 heavy (non-hydrogen) atoms. The molecule has 8 nitrogen and oxygen atoms in total. The van der Waals surface area contributed by atoms with Crippen LogP contribution in [0.25, 0.3) is 33.4 Å². The lowest BCUT2D eigenvalue weighted by molar-refractivity contribution is 0.404. The topological polar surface area (TPSA) is 145 Å². The molecule has 0 atom stereocenters. The number of phenols is 3. The van der Waals surface area contributed by atoms with E-state index in [0.717, 1.165) is 12.1 Å². The highest BCUT2D eigenvalue weighted by Gasteiger charge is 2.22. The summed E-state index contributed by atoms with van der Waals surface area (Å²) in [6.45, 7) is 0. The largest absolute Gasteiger partial charge is 0.504 e. The molecule has 0 amide bonds. The van der Waals surface area contributed by atoms with Crippen LogP contribution in [-0.2, 0) is 10.1 Å². The Hall–Kier alpha value is -3.56. The molecule has 0 radical (unpaired) electrons. The van der Waals surface area contributed by atoms with Crippen molar-refractivity contribution in [2.75, 3.05) is 0 Å². The molecule has 2 aliphatic rings. The molecule has 0 saturated carbocycles. The summed E-state index contributed by atoms with van der Waals surface area (Å²) >= 11 is 0. The van der Waals surface area contributed by atoms with Crippen LogP contribution in [0.2, 0.25) is 0 Å². The lowest BCUT2D eigenvalue weighted by Crippen LogP contribution is -2.02. The van der Waals surface area contributed by atoms with Crippen LogP contribution >= 0.6 is 0 Å². The fraction of sp³-hybridized carbons (Fsp3) is 0. The van der Waals surface area contributed by atoms with Crippen molar-refractivity contribution >= 4 is 21.1 Å². The van der Waals surface area contributed by atoms with Gasteiger partial charge in [0.15, 0.2) is 17.2 Å². The summed E-state index contributed by atoms with van der Waals surface area (Å²) in [6.07, 6.45) is 0. The molecule has 0 aromatic heterocycles. The molecule has 1 aliphatic heterocycles. The average Bonchev–Trinajstić information content (AvgIpc) is 2.62. The van der Waals surface area contributed by atoms with Gasteiger partial charge in [-0.05, 0) is 29.8 Å². The van der Waals surface area contributed by atoms with Crippen molar-refractivity contribution in [2.24, 2.45) is 0 Å². The van der Waals surface area contributed by atoms with Gasteiger partial charge in [0.1, 0.15) is 11.3 Å². The molecule has 4 N–H and O–H groups in total. The molecule has 2 aromatic rings. The van der Waals surface area contributed by atoms with Crippen molar-refractivity contribution in [3.05, 3.63) is 58.8 Å². The minimum atomic E-state index is -4.48. The van der Waals surface area contributed by atoms with Crippen molar-refractivity contribution in [1.29, 1.82) is 0 Å². The van der Waals surface area contributed by atoms with Crippen LogP contribution in [0, 0.1) is 0 Å². The summed E-state index contributed by atoms with van der Waals surface area (Å²) in [6, 6.07) is 9.95. The van der Waals surface area contributed by atoms with Gasteiger partial charge in [0.05, 0.1) is 4.90 Å². The standard InChI is InChI=1S/C19H12O8S/c20-13-5-11-17(7-15(13)22)27-18-8-16(23)14(21)6-12(18)19(11)9-2-1-3-10(4-9)28(24,25)26/h1-8,20-22H,(H,24,25,26). The quantitative estimate of drug-likeness (QED) is 0.228. The van der Waals surface area contributed by atoms with Crippen LogP contribution in [0.5, 0.6) is 17.2 Å². The number of hydrogen-bond donors (Lipinski definition) is 4. The molecular formula is C19H12O8S. The summed E-state index contributed by atoms with van der Waals surface area (Å²) in [5.41, 5.74) is 0.329. The Balaban J connectivity index is 2.21. The Labute approximate surface area is 157 Å². The maximum atomic E-state index is 11.8. The van der Waals surface area contributed by atoms with Crippen LogP contribution in [0.3, 0.4) is 0 Å². The first-order valence-corrected chi connectivity index (χ1v) is 9.32. The van der Waals surface area contributed by atoms with E-state index in [1.807, 2.05) is 0 Å². The zero-order chi connectivity index (χ0) is 20.2. The average molecular weight is 400 g/mol. The van der Waals surface area contributed by atoms with Gasteiger partial charge in [-0.15, -0.1) is 0 Å². The Morgan fingerprint density at radius 3 is 2.29 bits per heavy atom. The molecule has 2 aromatic carbocycles. The lowest BCUT2D eigenvalue weighted by Gasteiger charge is -2.16. The zero-order valence-electron chi connectivity index (χ0n) is 13.9. The van der Waals surface area contributed by atoms with E-state index in [9.17, 15) is 33.1 Å². The number of rotatable bonds is 2. The summed E-state index contributed by atoms with van der Waals surface area (Å²) in [7, 11) is -4.48. The highest BCUT2D eigenvalue weighted by Crippen LogP contribution is 2.44. The number of aromatic hydroxyl groups is 3. The minimum absolute atomic E-state index is 0.0765. The zero-order valence-corrected chi connectivity index (χ0v) is 14.8. The van der Waals surface area contributed by atoms with Crippen LogP contribution in [0.4, 0.5) is 0 Å². The summed E-state index contributed by atoms with van der Waals surface area (Å²) in [5, 5.41) is 29.8. The van der Waals surface area contributed by atoms with Crippen molar-refractivity contribution in [3.63, 3.8) is 0 Å². The molecule has 0 saturated heterocycles. The second-order valence-electron chi connectivity index (χ2n) is 6.13. The third-order valence-electron chi connectivity index (χ3n) is 4.32. The second kappa shape index (κ2) is 5.98. The van der Waals surface area contributed by atoms with Crippen molar-refractivity contribution in [1.82, 2.24) is 0 Å². The number of phenolic OH excluding ortho intramolecular Hbond substituents is 3. The monoisotopic (exact) mass is 400 g/mol. The fourth-order valence-corrected chi connectivity index (χ4v) is 3.58. The van der Waals surface area contributed by atoms with E-state index in [1.165, 1.54) is 30.3 Å². The van der Waals surface area contributed by atoms with E-state index < -0.39 is 32.8 Å². The van der Waals surface area contributed by atoms with Gasteiger partial charge < -0.3 is 19.7 Å². The van der Waals surface area contributed by atoms with E-state index in [-0.39, 0.29) is 27.2 Å². The highest BCUT2D eigenvalue weighted by molar-refractivity contribution is 7.85. The molecule has 0 unspecified atom stereocenters. The van der Waals surface area contributed by atoms with E-state index in [4.69, 9.17) is 4.42 Å². The molecule has 1 heterocycles. The van der Waals surface area contributed by atoms with Gasteiger partial charge >= 0.3 is 0 Å². The first-order chi connectivity index (χ1) is 13.1. The normalized spacial score (nSPS) is 11.9. The summed E-state index contributed by atoms with van der Waals surface area (Å²) < 4.78 is 38.0. The third kappa shape index (κ3) is 2.82. The molecule has 0 fully saturated rings. The first-order valence-electron chi connectivity index (χ1n) is 7.88. The van der Waals surface area contributed by atoms with Gasteiger partial charge in [-0.3, -0.25) is 9.35 Å². The Bertz CT molecular complexity index is 1390. The van der Waals surface area contributed by atoms with Gasteiger partial charge in [0.2, 0.25) is 5.43 Å². The molecule has 1 aliphatic carbocycles. The van der Waals surface area contributed by atoms with Gasteiger partial charge in [0, 0.05) is 28.6 Å². The number of fused-ring (bicyclic) bond motifs is 2. The Morgan fingerprint density at radius 1 is 0.857 bits per heavy atom. The molecule has 142 valence electrons. The van der Waals surface area contributed by atoms with Gasteiger partial charge in [-0.1, -0.05) is 12.1 Å². The van der Waals surface area contributed by atoms with Gasteiger partial charge in [-0.25, -0.2) is 0 Å². The van der Waals surface area contributed by atoms with Crippen LogP contribution in [0.1, 0.15) is 0 Å². The first kappa shape index (κ1) is 17.8. The SMILES string of the molecule is O=c1cc2oc3cc(O)c(O)cc3c(-c3cccc(S(=O)(=O)O)c3)c-2cc1O. The number of benzene rings is 3. The molecule has 9 heteroatoms. The maximum absolute atomic E-state index is 11.8. The summed E-state index contributed by atoms with van der Waals surface area (Å²) in [5.74, 6) is -1.36. The van der Waals surface area contributed by atoms with Crippen LogP contribution in [0.15, 0.2) is 62.6 Å². The van der Waals surface area contributed by atoms with Crippen molar-refractivity contribution in [3.8, 4) is 39.7 Å². The molecule has 0 bridgehead atoms. The predicted molar refractivity (Wildman–Crippen MR) is 99.4 cm³/mol. The van der Waals surface area contributed by atoms with E-state index >= 15 is 0 Å². The fourth-order valence-electron chi connectivity index (χ4n) is 3.05. The van der Waals surface area contributed by atoms with Crippen LogP contribution in [-0.4, -0.2) is 28.3 Å². The molecular weight excluding hydrogens is 388 g/mol. The minimum Gasteiger partial charge on any atom is -0.504 e. The predicted octanol–water partition coefficient (Wildman–Crippen LogP) is 2.93. The van der Waals surface area contributed by atoms with E-state index in [0.29, 0.717) is 11.1 Å². The van der Waals surface area contributed by atoms with Crippen LogP contribution < -0.4 is 5.43 Å². The maximum Gasteiger partial charge on any atom is 0.294 e. The van der Waals surface area contributed by atoms with Gasteiger partial charge in [-0.2, -0.15) is 8.42 Å². The highest BCUT2D eigenvalue weighted by atomic mass is 32.2. The Morgan fingerprint density at radius 2 is 1.57 bits per heavy atom. The lowest BCUT2D eigenvalue weighted by atomic mass is 9.93. The third-order valence-corrected chi connectivity index (χ3v) is 5.17. The second-order valence-corrected chi connectivity index (χ2v) is 7.55. The smallest absolute Gasteiger partial charge is 0.294 e. The molecule has 0 spiro atoms. The Kier molecular flexibility index (Phi) is 3.81. The molecule has 4 rings (SSSR count).